The molecule has 1 aromatic heterocycles. The van der Waals surface area contributed by atoms with Gasteiger partial charge in [0.05, 0.1) is 11.1 Å². The SMILES string of the molecule is COC(CNC(=O)c1cc(C(F)(F)F)cc(C(F)(F)F)c1)c1ccc(C)s1. The molecule has 0 aliphatic carbocycles. The van der Waals surface area contributed by atoms with Crippen LogP contribution in [0.4, 0.5) is 26.3 Å². The number of hydrogen-bond donors (Lipinski definition) is 1. The van der Waals surface area contributed by atoms with Crippen LogP contribution in [0.5, 0.6) is 0 Å². The van der Waals surface area contributed by atoms with E-state index in [1.54, 1.807) is 6.07 Å². The van der Waals surface area contributed by atoms with Gasteiger partial charge in [0.2, 0.25) is 0 Å². The molecule has 1 aromatic carbocycles. The molecule has 10 heteroatoms. The monoisotopic (exact) mass is 411 g/mol. The van der Waals surface area contributed by atoms with Crippen molar-refractivity contribution >= 4 is 17.2 Å². The van der Waals surface area contributed by atoms with Crippen molar-refractivity contribution in [2.45, 2.75) is 25.4 Å². The van der Waals surface area contributed by atoms with Crippen LogP contribution < -0.4 is 5.32 Å². The summed E-state index contributed by atoms with van der Waals surface area (Å²) in [4.78, 5) is 13.9. The molecule has 0 saturated carbocycles. The first-order valence-corrected chi connectivity index (χ1v) is 8.40. The number of aryl methyl sites for hydroxylation is 1. The molecule has 1 unspecified atom stereocenters. The van der Waals surface area contributed by atoms with E-state index in [9.17, 15) is 31.1 Å². The van der Waals surface area contributed by atoms with Crippen molar-refractivity contribution < 1.29 is 35.9 Å². The third kappa shape index (κ3) is 5.46. The quantitative estimate of drug-likeness (QED) is 0.686. The number of rotatable bonds is 5. The number of carbonyl (C=O) groups excluding carboxylic acids is 1. The Labute approximate surface area is 155 Å². The number of alkyl halides is 6. The lowest BCUT2D eigenvalue weighted by Gasteiger charge is -2.16. The Hall–Kier alpha value is -2.07. The zero-order valence-electron chi connectivity index (χ0n) is 14.2. The second-order valence-electron chi connectivity index (χ2n) is 5.68. The maximum Gasteiger partial charge on any atom is 0.416 e. The molecule has 1 amide bonds. The van der Waals surface area contributed by atoms with E-state index in [1.807, 2.05) is 13.0 Å². The minimum atomic E-state index is -5.01. The minimum absolute atomic E-state index is 0.0246. The number of hydrogen-bond acceptors (Lipinski definition) is 3. The van der Waals surface area contributed by atoms with Gasteiger partial charge in [-0.15, -0.1) is 11.3 Å². The minimum Gasteiger partial charge on any atom is -0.374 e. The van der Waals surface area contributed by atoms with E-state index < -0.39 is 41.1 Å². The Morgan fingerprint density at radius 2 is 1.63 bits per heavy atom. The molecule has 0 radical (unpaired) electrons. The molecular weight excluding hydrogens is 396 g/mol. The van der Waals surface area contributed by atoms with Crippen LogP contribution >= 0.6 is 11.3 Å². The molecule has 27 heavy (non-hydrogen) atoms. The summed E-state index contributed by atoms with van der Waals surface area (Å²) in [6.45, 7) is 1.76. The molecule has 0 aliphatic rings. The number of methoxy groups -OCH3 is 1. The Balaban J connectivity index is 2.24. The van der Waals surface area contributed by atoms with Crippen LogP contribution in [0.1, 0.15) is 37.3 Å². The number of halogens is 6. The van der Waals surface area contributed by atoms with Gasteiger partial charge in [0.25, 0.3) is 5.91 Å². The summed E-state index contributed by atoms with van der Waals surface area (Å²) in [5.74, 6) is -1.05. The maximum absolute atomic E-state index is 12.9. The number of thiophene rings is 1. The van der Waals surface area contributed by atoms with Crippen molar-refractivity contribution in [3.63, 3.8) is 0 Å². The van der Waals surface area contributed by atoms with Crippen molar-refractivity contribution in [3.05, 3.63) is 56.8 Å². The highest BCUT2D eigenvalue weighted by atomic mass is 32.1. The van der Waals surface area contributed by atoms with Crippen molar-refractivity contribution in [1.82, 2.24) is 5.32 Å². The predicted octanol–water partition coefficient (Wildman–Crippen LogP) is 5.21. The van der Waals surface area contributed by atoms with Gasteiger partial charge >= 0.3 is 12.4 Å². The van der Waals surface area contributed by atoms with Crippen molar-refractivity contribution in [1.29, 1.82) is 0 Å². The van der Waals surface area contributed by atoms with E-state index in [-0.39, 0.29) is 12.6 Å². The van der Waals surface area contributed by atoms with E-state index in [0.717, 1.165) is 9.75 Å². The fourth-order valence-corrected chi connectivity index (χ4v) is 3.25. The van der Waals surface area contributed by atoms with Crippen LogP contribution in [0.15, 0.2) is 30.3 Å². The van der Waals surface area contributed by atoms with Crippen LogP contribution in [-0.4, -0.2) is 19.6 Å². The van der Waals surface area contributed by atoms with Crippen LogP contribution in [0, 0.1) is 6.92 Å². The van der Waals surface area contributed by atoms with E-state index in [0.29, 0.717) is 12.1 Å². The predicted molar refractivity (Wildman–Crippen MR) is 87.6 cm³/mol. The molecule has 0 fully saturated rings. The van der Waals surface area contributed by atoms with Gasteiger partial charge < -0.3 is 10.1 Å². The molecule has 0 bridgehead atoms. The molecule has 0 aliphatic heterocycles. The second kappa shape index (κ2) is 7.89. The number of carbonyl (C=O) groups is 1. The van der Waals surface area contributed by atoms with Crippen molar-refractivity contribution in [3.8, 4) is 0 Å². The molecule has 2 rings (SSSR count). The molecule has 0 spiro atoms. The van der Waals surface area contributed by atoms with Crippen molar-refractivity contribution in [2.24, 2.45) is 0 Å². The second-order valence-corrected chi connectivity index (χ2v) is 7.00. The molecule has 1 heterocycles. The Morgan fingerprint density at radius 1 is 1.07 bits per heavy atom. The fraction of sp³-hybridized carbons (Fsp3) is 0.353. The van der Waals surface area contributed by atoms with Gasteiger partial charge in [-0.25, -0.2) is 0 Å². The van der Waals surface area contributed by atoms with E-state index in [2.05, 4.69) is 5.32 Å². The Bertz CT molecular complexity index is 780. The molecule has 1 N–H and O–H groups in total. The normalized spacial score (nSPS) is 13.5. The van der Waals surface area contributed by atoms with Crippen LogP contribution in [0.3, 0.4) is 0 Å². The maximum atomic E-state index is 12.9. The molecule has 0 saturated heterocycles. The molecule has 1 atom stereocenters. The third-order valence-electron chi connectivity index (χ3n) is 3.66. The standard InChI is InChI=1S/C17H15F6NO2S/c1-9-3-4-14(27-9)13(26-2)8-24-15(25)10-5-11(16(18,19)20)7-12(6-10)17(21,22)23/h3-7,13H,8H2,1-2H3,(H,24,25). The molecule has 148 valence electrons. The Morgan fingerprint density at radius 3 is 2.04 bits per heavy atom. The highest BCUT2D eigenvalue weighted by molar-refractivity contribution is 7.12. The first-order chi connectivity index (χ1) is 12.4. The summed E-state index contributed by atoms with van der Waals surface area (Å²) in [5.41, 5.74) is -3.81. The van der Waals surface area contributed by atoms with Crippen LogP contribution in [-0.2, 0) is 17.1 Å². The van der Waals surface area contributed by atoms with Gasteiger partial charge in [-0.2, -0.15) is 26.3 Å². The van der Waals surface area contributed by atoms with Gasteiger partial charge in [0, 0.05) is 29.0 Å². The summed E-state index contributed by atoms with van der Waals surface area (Å²) in [6, 6.07) is 4.36. The number of ether oxygens (including phenoxy) is 1. The first-order valence-electron chi connectivity index (χ1n) is 7.58. The Kier molecular flexibility index (Phi) is 6.21. The molecular formula is C17H15F6NO2S. The van der Waals surface area contributed by atoms with Gasteiger partial charge in [-0.05, 0) is 37.3 Å². The van der Waals surface area contributed by atoms with E-state index in [4.69, 9.17) is 4.74 Å². The lowest BCUT2D eigenvalue weighted by atomic mass is 10.0. The highest BCUT2D eigenvalue weighted by Crippen LogP contribution is 2.36. The highest BCUT2D eigenvalue weighted by Gasteiger charge is 2.37. The van der Waals surface area contributed by atoms with Gasteiger partial charge in [0.1, 0.15) is 6.10 Å². The van der Waals surface area contributed by atoms with Gasteiger partial charge in [-0.3, -0.25) is 4.79 Å². The summed E-state index contributed by atoms with van der Waals surface area (Å²) in [5, 5.41) is 2.32. The van der Waals surface area contributed by atoms with Crippen LogP contribution in [0.25, 0.3) is 0 Å². The van der Waals surface area contributed by atoms with Gasteiger partial charge in [0.15, 0.2) is 0 Å². The summed E-state index contributed by atoms with van der Waals surface area (Å²) < 4.78 is 82.5. The number of benzene rings is 1. The van der Waals surface area contributed by atoms with E-state index in [1.165, 1.54) is 18.4 Å². The lowest BCUT2D eigenvalue weighted by molar-refractivity contribution is -0.143. The zero-order chi connectivity index (χ0) is 20.4. The summed E-state index contributed by atoms with van der Waals surface area (Å²) in [6.07, 6.45) is -10.6. The van der Waals surface area contributed by atoms with Crippen LogP contribution in [0.2, 0.25) is 0 Å². The topological polar surface area (TPSA) is 38.3 Å². The first kappa shape index (κ1) is 21.2. The van der Waals surface area contributed by atoms with Gasteiger partial charge in [-0.1, -0.05) is 0 Å². The average molecular weight is 411 g/mol. The largest absolute Gasteiger partial charge is 0.416 e. The number of amides is 1. The molecule has 2 aromatic rings. The number of nitrogens with one attached hydrogen (secondary N) is 1. The zero-order valence-corrected chi connectivity index (χ0v) is 15.0. The van der Waals surface area contributed by atoms with Crippen molar-refractivity contribution in [2.75, 3.05) is 13.7 Å². The molecule has 3 nitrogen and oxygen atoms in total. The summed E-state index contributed by atoms with van der Waals surface area (Å²) >= 11 is 1.41. The third-order valence-corrected chi connectivity index (χ3v) is 4.75. The lowest BCUT2D eigenvalue weighted by Crippen LogP contribution is -2.29. The smallest absolute Gasteiger partial charge is 0.374 e. The average Bonchev–Trinajstić information content (AvgIpc) is 2.99. The fourth-order valence-electron chi connectivity index (χ4n) is 2.30. The summed E-state index contributed by atoms with van der Waals surface area (Å²) in [7, 11) is 1.39. The van der Waals surface area contributed by atoms with E-state index >= 15 is 0 Å².